The summed E-state index contributed by atoms with van der Waals surface area (Å²) in [7, 11) is -3.20. The second kappa shape index (κ2) is 8.55. The summed E-state index contributed by atoms with van der Waals surface area (Å²) in [6.07, 6.45) is 3.22. The molecule has 1 N–H and O–H groups in total. The Hall–Kier alpha value is -2.38. The van der Waals surface area contributed by atoms with E-state index in [2.05, 4.69) is 34.5 Å². The van der Waals surface area contributed by atoms with Gasteiger partial charge < -0.3 is 5.32 Å². The molecule has 29 heavy (non-hydrogen) atoms. The fourth-order valence-electron chi connectivity index (χ4n) is 3.95. The molecule has 2 heterocycles. The molecule has 1 amide bonds. The van der Waals surface area contributed by atoms with Crippen molar-refractivity contribution in [2.45, 2.75) is 32.4 Å². The lowest BCUT2D eigenvalue weighted by Crippen LogP contribution is -2.25. The number of sulfonamides is 1. The van der Waals surface area contributed by atoms with E-state index < -0.39 is 10.0 Å². The van der Waals surface area contributed by atoms with Crippen LogP contribution in [-0.4, -0.2) is 44.6 Å². The largest absolute Gasteiger partial charge is 0.348 e. The van der Waals surface area contributed by atoms with Gasteiger partial charge >= 0.3 is 0 Å². The van der Waals surface area contributed by atoms with E-state index in [4.69, 9.17) is 0 Å². The average Bonchev–Trinajstić information content (AvgIpc) is 3.36. The number of benzene rings is 2. The van der Waals surface area contributed by atoms with Crippen LogP contribution in [0.4, 0.5) is 5.69 Å². The van der Waals surface area contributed by atoms with Crippen LogP contribution in [0.5, 0.6) is 0 Å². The standard InChI is InChI=1S/C22H27N3O3S/c26-22(20-8-10-21(11-9-20)25-14-3-15-29(25,27)28)23-16-18-4-6-19(7-5-18)17-24-12-1-2-13-24/h4-11H,1-3,12-17H2,(H,23,26). The van der Waals surface area contributed by atoms with Gasteiger partial charge in [0.05, 0.1) is 11.4 Å². The highest BCUT2D eigenvalue weighted by molar-refractivity contribution is 7.93. The van der Waals surface area contributed by atoms with Crippen molar-refractivity contribution < 1.29 is 13.2 Å². The van der Waals surface area contributed by atoms with Crippen molar-refractivity contribution >= 4 is 21.6 Å². The summed E-state index contributed by atoms with van der Waals surface area (Å²) in [5, 5.41) is 2.93. The van der Waals surface area contributed by atoms with Gasteiger partial charge in [-0.2, -0.15) is 0 Å². The molecule has 2 aromatic carbocycles. The minimum atomic E-state index is -3.20. The van der Waals surface area contributed by atoms with Crippen LogP contribution < -0.4 is 9.62 Å². The van der Waals surface area contributed by atoms with Crippen molar-refractivity contribution in [1.82, 2.24) is 10.2 Å². The normalized spacial score (nSPS) is 18.8. The molecule has 2 aliphatic heterocycles. The SMILES string of the molecule is O=C(NCc1ccc(CN2CCCC2)cc1)c1ccc(N2CCCS2(=O)=O)cc1. The number of hydrogen-bond acceptors (Lipinski definition) is 4. The Morgan fingerprint density at radius 2 is 1.52 bits per heavy atom. The van der Waals surface area contributed by atoms with Crippen LogP contribution in [-0.2, 0) is 23.1 Å². The van der Waals surface area contributed by atoms with Crippen LogP contribution in [0.2, 0.25) is 0 Å². The van der Waals surface area contributed by atoms with Crippen molar-refractivity contribution in [3.05, 3.63) is 65.2 Å². The number of hydrogen-bond donors (Lipinski definition) is 1. The van der Waals surface area contributed by atoms with Gasteiger partial charge in [-0.1, -0.05) is 24.3 Å². The zero-order valence-electron chi connectivity index (χ0n) is 16.5. The summed E-state index contributed by atoms with van der Waals surface area (Å²) in [5.74, 6) is 0.0217. The van der Waals surface area contributed by atoms with E-state index in [1.54, 1.807) is 24.3 Å². The zero-order valence-corrected chi connectivity index (χ0v) is 17.3. The Labute approximate surface area is 172 Å². The molecule has 0 saturated carbocycles. The van der Waals surface area contributed by atoms with Crippen LogP contribution in [0, 0.1) is 0 Å². The first-order chi connectivity index (χ1) is 14.0. The van der Waals surface area contributed by atoms with Gasteiger partial charge in [0.25, 0.3) is 5.91 Å². The lowest BCUT2D eigenvalue weighted by atomic mass is 10.1. The third-order valence-corrected chi connectivity index (χ3v) is 7.47. The molecule has 0 unspecified atom stereocenters. The van der Waals surface area contributed by atoms with E-state index in [0.717, 1.165) is 12.1 Å². The quantitative estimate of drug-likeness (QED) is 0.791. The molecule has 0 aromatic heterocycles. The Morgan fingerprint density at radius 1 is 0.862 bits per heavy atom. The molecule has 0 spiro atoms. The van der Waals surface area contributed by atoms with Crippen LogP contribution in [0.15, 0.2) is 48.5 Å². The van der Waals surface area contributed by atoms with E-state index >= 15 is 0 Å². The molecule has 0 radical (unpaired) electrons. The highest BCUT2D eigenvalue weighted by Crippen LogP contribution is 2.24. The molecule has 6 nitrogen and oxygen atoms in total. The lowest BCUT2D eigenvalue weighted by Gasteiger charge is -2.17. The third-order valence-electron chi connectivity index (χ3n) is 5.60. The van der Waals surface area contributed by atoms with Crippen molar-refractivity contribution in [3.8, 4) is 0 Å². The van der Waals surface area contributed by atoms with Crippen molar-refractivity contribution in [2.24, 2.45) is 0 Å². The van der Waals surface area contributed by atoms with Crippen molar-refractivity contribution in [1.29, 1.82) is 0 Å². The van der Waals surface area contributed by atoms with E-state index in [9.17, 15) is 13.2 Å². The minimum absolute atomic E-state index is 0.165. The second-order valence-corrected chi connectivity index (χ2v) is 9.78. The Kier molecular flexibility index (Phi) is 5.87. The summed E-state index contributed by atoms with van der Waals surface area (Å²) >= 11 is 0. The smallest absolute Gasteiger partial charge is 0.251 e. The third kappa shape index (κ3) is 4.79. The van der Waals surface area contributed by atoms with E-state index in [-0.39, 0.29) is 11.7 Å². The van der Waals surface area contributed by atoms with Crippen LogP contribution in [0.25, 0.3) is 0 Å². The molecule has 4 rings (SSSR count). The molecular formula is C22H27N3O3S. The van der Waals surface area contributed by atoms with Gasteiger partial charge in [-0.25, -0.2) is 8.42 Å². The van der Waals surface area contributed by atoms with Crippen LogP contribution in [0.3, 0.4) is 0 Å². The zero-order chi connectivity index (χ0) is 20.3. The summed E-state index contributed by atoms with van der Waals surface area (Å²) in [6, 6.07) is 15.1. The first-order valence-electron chi connectivity index (χ1n) is 10.2. The molecular weight excluding hydrogens is 386 g/mol. The summed E-state index contributed by atoms with van der Waals surface area (Å²) in [4.78, 5) is 14.9. The van der Waals surface area contributed by atoms with Crippen LogP contribution >= 0.6 is 0 Å². The van der Waals surface area contributed by atoms with Gasteiger partial charge in [-0.05, 0) is 67.7 Å². The number of carbonyl (C=O) groups is 1. The molecule has 2 saturated heterocycles. The van der Waals surface area contributed by atoms with Gasteiger partial charge in [-0.3, -0.25) is 14.0 Å². The predicted octanol–water partition coefficient (Wildman–Crippen LogP) is 2.75. The van der Waals surface area contributed by atoms with Gasteiger partial charge in [0.2, 0.25) is 10.0 Å². The molecule has 0 atom stereocenters. The van der Waals surface area contributed by atoms with E-state index in [0.29, 0.717) is 30.8 Å². The average molecular weight is 414 g/mol. The fraction of sp³-hybridized carbons (Fsp3) is 0.409. The number of anilines is 1. The number of nitrogens with one attached hydrogen (secondary N) is 1. The molecule has 0 bridgehead atoms. The van der Waals surface area contributed by atoms with Gasteiger partial charge in [0.15, 0.2) is 0 Å². The highest BCUT2D eigenvalue weighted by atomic mass is 32.2. The van der Waals surface area contributed by atoms with E-state index in [1.165, 1.54) is 35.8 Å². The Bertz CT molecular complexity index is 950. The first kappa shape index (κ1) is 19.9. The molecule has 2 aromatic rings. The monoisotopic (exact) mass is 413 g/mol. The topological polar surface area (TPSA) is 69.7 Å². The Morgan fingerprint density at radius 3 is 2.14 bits per heavy atom. The minimum Gasteiger partial charge on any atom is -0.348 e. The lowest BCUT2D eigenvalue weighted by molar-refractivity contribution is 0.0951. The highest BCUT2D eigenvalue weighted by Gasteiger charge is 2.28. The van der Waals surface area contributed by atoms with E-state index in [1.807, 2.05) is 0 Å². The second-order valence-electron chi connectivity index (χ2n) is 7.77. The molecule has 0 aliphatic carbocycles. The number of rotatable bonds is 6. The number of likely N-dealkylation sites (tertiary alicyclic amines) is 1. The molecule has 2 fully saturated rings. The van der Waals surface area contributed by atoms with Gasteiger partial charge in [0, 0.05) is 25.2 Å². The van der Waals surface area contributed by atoms with Crippen molar-refractivity contribution in [3.63, 3.8) is 0 Å². The van der Waals surface area contributed by atoms with Crippen LogP contribution in [0.1, 0.15) is 40.7 Å². The van der Waals surface area contributed by atoms with Gasteiger partial charge in [-0.15, -0.1) is 0 Å². The maximum absolute atomic E-state index is 12.4. The number of amides is 1. The summed E-state index contributed by atoms with van der Waals surface area (Å²) < 4.78 is 25.4. The maximum atomic E-state index is 12.4. The van der Waals surface area contributed by atoms with Crippen molar-refractivity contribution in [2.75, 3.05) is 29.7 Å². The number of carbonyl (C=O) groups excluding carboxylic acids is 1. The predicted molar refractivity (Wildman–Crippen MR) is 114 cm³/mol. The molecule has 7 heteroatoms. The summed E-state index contributed by atoms with van der Waals surface area (Å²) in [6.45, 7) is 4.32. The van der Waals surface area contributed by atoms with Gasteiger partial charge in [0.1, 0.15) is 0 Å². The first-order valence-corrected chi connectivity index (χ1v) is 11.8. The maximum Gasteiger partial charge on any atom is 0.251 e. The Balaban J connectivity index is 1.31. The fourth-order valence-corrected chi connectivity index (χ4v) is 5.52. The molecule has 154 valence electrons. The number of nitrogens with zero attached hydrogens (tertiary/aromatic N) is 2. The molecule has 2 aliphatic rings. The summed E-state index contributed by atoms with van der Waals surface area (Å²) in [5.41, 5.74) is 3.50.